The van der Waals surface area contributed by atoms with Crippen LogP contribution in [0.4, 0.5) is 4.39 Å². The highest BCUT2D eigenvalue weighted by atomic mass is 19.1. The number of aryl methyl sites for hydroxylation is 1. The van der Waals surface area contributed by atoms with Gasteiger partial charge in [0.15, 0.2) is 0 Å². The van der Waals surface area contributed by atoms with Crippen molar-refractivity contribution in [2.75, 3.05) is 6.54 Å². The van der Waals surface area contributed by atoms with Crippen molar-refractivity contribution in [3.63, 3.8) is 0 Å². The molecule has 1 aliphatic rings. The third-order valence-corrected chi connectivity index (χ3v) is 4.73. The van der Waals surface area contributed by atoms with E-state index >= 15 is 0 Å². The first-order valence-electron chi connectivity index (χ1n) is 9.29. The van der Waals surface area contributed by atoms with Gasteiger partial charge in [0.25, 0.3) is 0 Å². The first-order chi connectivity index (χ1) is 13.0. The maximum atomic E-state index is 13.0. The summed E-state index contributed by atoms with van der Waals surface area (Å²) in [5, 5.41) is 5.58. The van der Waals surface area contributed by atoms with Crippen LogP contribution >= 0.6 is 0 Å². The number of hydrogen-bond acceptors (Lipinski definition) is 4. The summed E-state index contributed by atoms with van der Waals surface area (Å²) in [6.07, 6.45) is 5.53. The standard InChI is InChI=1S/C20H24FN3O3/c1-13-17(24-20(27-13)14-7-9-15(21)10-8-14)11-18(25)22-12-19(26)23-16-5-3-2-4-6-16/h7-10,16H,2-6,11-12H2,1H3,(H,22,25)(H,23,26). The average Bonchev–Trinajstić information content (AvgIpc) is 3.02. The number of aromatic nitrogens is 1. The van der Waals surface area contributed by atoms with Crippen LogP contribution in [-0.2, 0) is 16.0 Å². The Bertz CT molecular complexity index is 795. The van der Waals surface area contributed by atoms with Crippen LogP contribution in [0.2, 0.25) is 0 Å². The van der Waals surface area contributed by atoms with Crippen LogP contribution in [0.3, 0.4) is 0 Å². The van der Waals surface area contributed by atoms with Gasteiger partial charge in [0.1, 0.15) is 11.6 Å². The van der Waals surface area contributed by atoms with Crippen molar-refractivity contribution in [3.8, 4) is 11.5 Å². The minimum absolute atomic E-state index is 0.0211. The van der Waals surface area contributed by atoms with E-state index in [-0.39, 0.29) is 36.6 Å². The maximum absolute atomic E-state index is 13.0. The lowest BCUT2D eigenvalue weighted by molar-refractivity contribution is -0.126. The van der Waals surface area contributed by atoms with E-state index in [1.54, 1.807) is 19.1 Å². The van der Waals surface area contributed by atoms with Crippen LogP contribution in [0.1, 0.15) is 43.6 Å². The van der Waals surface area contributed by atoms with Gasteiger partial charge in [0.05, 0.1) is 18.7 Å². The number of amides is 2. The monoisotopic (exact) mass is 373 g/mol. The van der Waals surface area contributed by atoms with E-state index in [1.165, 1.54) is 18.6 Å². The predicted molar refractivity (Wildman–Crippen MR) is 98.4 cm³/mol. The van der Waals surface area contributed by atoms with Gasteiger partial charge in [-0.25, -0.2) is 9.37 Å². The Labute approximate surface area is 157 Å². The number of hydrogen-bond donors (Lipinski definition) is 2. The van der Waals surface area contributed by atoms with Crippen molar-refractivity contribution < 1.29 is 18.4 Å². The number of benzene rings is 1. The highest BCUT2D eigenvalue weighted by molar-refractivity contribution is 5.85. The number of rotatable bonds is 6. The summed E-state index contributed by atoms with van der Waals surface area (Å²) in [6.45, 7) is 1.68. The molecule has 1 heterocycles. The van der Waals surface area contributed by atoms with Gasteiger partial charge in [-0.2, -0.15) is 0 Å². The highest BCUT2D eigenvalue weighted by Gasteiger charge is 2.18. The highest BCUT2D eigenvalue weighted by Crippen LogP contribution is 2.22. The number of carbonyl (C=O) groups excluding carboxylic acids is 2. The zero-order valence-electron chi connectivity index (χ0n) is 15.4. The van der Waals surface area contributed by atoms with Crippen molar-refractivity contribution in [1.82, 2.24) is 15.6 Å². The molecule has 6 nitrogen and oxygen atoms in total. The molecule has 7 heteroatoms. The molecule has 0 unspecified atom stereocenters. The molecule has 0 bridgehead atoms. The van der Waals surface area contributed by atoms with E-state index in [4.69, 9.17) is 4.42 Å². The topological polar surface area (TPSA) is 84.2 Å². The van der Waals surface area contributed by atoms with E-state index in [0.717, 1.165) is 25.7 Å². The summed E-state index contributed by atoms with van der Waals surface area (Å²) >= 11 is 0. The third-order valence-electron chi connectivity index (χ3n) is 4.73. The molecule has 1 saturated carbocycles. The van der Waals surface area contributed by atoms with Crippen LogP contribution in [-0.4, -0.2) is 29.4 Å². The van der Waals surface area contributed by atoms with Crippen LogP contribution in [0.5, 0.6) is 0 Å². The fourth-order valence-electron chi connectivity index (χ4n) is 3.23. The Balaban J connectivity index is 1.50. The molecule has 2 aromatic rings. The molecule has 1 aliphatic carbocycles. The summed E-state index contributed by atoms with van der Waals surface area (Å²) in [7, 11) is 0. The van der Waals surface area contributed by atoms with E-state index in [2.05, 4.69) is 15.6 Å². The van der Waals surface area contributed by atoms with Gasteiger partial charge in [-0.3, -0.25) is 9.59 Å². The number of nitrogens with zero attached hydrogens (tertiary/aromatic N) is 1. The number of carbonyl (C=O) groups is 2. The van der Waals surface area contributed by atoms with Gasteiger partial charge in [-0.15, -0.1) is 0 Å². The van der Waals surface area contributed by atoms with Gasteiger partial charge < -0.3 is 15.1 Å². The Morgan fingerprint density at radius 3 is 2.56 bits per heavy atom. The third kappa shape index (κ3) is 5.39. The average molecular weight is 373 g/mol. The predicted octanol–water partition coefficient (Wildman–Crippen LogP) is 2.90. The molecule has 1 fully saturated rings. The molecule has 0 spiro atoms. The van der Waals surface area contributed by atoms with Crippen LogP contribution in [0.15, 0.2) is 28.7 Å². The number of oxazole rings is 1. The van der Waals surface area contributed by atoms with Crippen molar-refractivity contribution >= 4 is 11.8 Å². The van der Waals surface area contributed by atoms with E-state index in [9.17, 15) is 14.0 Å². The summed E-state index contributed by atoms with van der Waals surface area (Å²) in [5.41, 5.74) is 1.14. The second-order valence-corrected chi connectivity index (χ2v) is 6.88. The van der Waals surface area contributed by atoms with Crippen LogP contribution < -0.4 is 10.6 Å². The molecule has 1 aromatic carbocycles. The summed E-state index contributed by atoms with van der Waals surface area (Å²) in [6, 6.07) is 6.01. The smallest absolute Gasteiger partial charge is 0.239 e. The summed E-state index contributed by atoms with van der Waals surface area (Å²) in [5.74, 6) is 0.0598. The molecule has 144 valence electrons. The molecule has 2 amide bonds. The number of halogens is 1. The molecule has 27 heavy (non-hydrogen) atoms. The molecular formula is C20H24FN3O3. The van der Waals surface area contributed by atoms with Crippen molar-refractivity contribution in [3.05, 3.63) is 41.5 Å². The lowest BCUT2D eigenvalue weighted by Crippen LogP contribution is -2.43. The van der Waals surface area contributed by atoms with Gasteiger partial charge in [0, 0.05) is 11.6 Å². The fraction of sp³-hybridized carbons (Fsp3) is 0.450. The molecule has 3 rings (SSSR count). The molecule has 2 N–H and O–H groups in total. The quantitative estimate of drug-likeness (QED) is 0.815. The van der Waals surface area contributed by atoms with Gasteiger partial charge >= 0.3 is 0 Å². The van der Waals surface area contributed by atoms with E-state index in [1.807, 2.05) is 0 Å². The lowest BCUT2D eigenvalue weighted by atomic mass is 9.95. The molecule has 0 saturated heterocycles. The van der Waals surface area contributed by atoms with Crippen molar-refractivity contribution in [2.45, 2.75) is 51.5 Å². The summed E-state index contributed by atoms with van der Waals surface area (Å²) in [4.78, 5) is 28.4. The lowest BCUT2D eigenvalue weighted by Gasteiger charge is -2.22. The Kier molecular flexibility index (Phi) is 6.21. The van der Waals surface area contributed by atoms with Crippen LogP contribution in [0.25, 0.3) is 11.5 Å². The van der Waals surface area contributed by atoms with Crippen LogP contribution in [0, 0.1) is 12.7 Å². The van der Waals surface area contributed by atoms with Gasteiger partial charge in [0.2, 0.25) is 17.7 Å². The zero-order valence-corrected chi connectivity index (χ0v) is 15.4. The molecule has 0 atom stereocenters. The summed E-state index contributed by atoms with van der Waals surface area (Å²) < 4.78 is 18.6. The largest absolute Gasteiger partial charge is 0.441 e. The molecular weight excluding hydrogens is 349 g/mol. The minimum Gasteiger partial charge on any atom is -0.441 e. The first kappa shape index (κ1) is 19.1. The van der Waals surface area contributed by atoms with E-state index in [0.29, 0.717) is 22.9 Å². The molecule has 0 radical (unpaired) electrons. The Hall–Kier alpha value is -2.70. The second kappa shape index (κ2) is 8.79. The Morgan fingerprint density at radius 1 is 1.15 bits per heavy atom. The minimum atomic E-state index is -0.340. The second-order valence-electron chi connectivity index (χ2n) is 6.88. The molecule has 1 aromatic heterocycles. The van der Waals surface area contributed by atoms with Gasteiger partial charge in [-0.05, 0) is 44.0 Å². The molecule has 0 aliphatic heterocycles. The fourth-order valence-corrected chi connectivity index (χ4v) is 3.23. The van der Waals surface area contributed by atoms with Gasteiger partial charge in [-0.1, -0.05) is 19.3 Å². The zero-order chi connectivity index (χ0) is 19.2. The van der Waals surface area contributed by atoms with E-state index < -0.39 is 0 Å². The normalized spacial score (nSPS) is 14.7. The maximum Gasteiger partial charge on any atom is 0.239 e. The first-order valence-corrected chi connectivity index (χ1v) is 9.29. The number of nitrogens with one attached hydrogen (secondary N) is 2. The van der Waals surface area contributed by atoms with Crippen molar-refractivity contribution in [1.29, 1.82) is 0 Å². The Morgan fingerprint density at radius 2 is 1.85 bits per heavy atom. The SMILES string of the molecule is Cc1oc(-c2ccc(F)cc2)nc1CC(=O)NCC(=O)NC1CCCCC1. The van der Waals surface area contributed by atoms with Crippen molar-refractivity contribution in [2.24, 2.45) is 0 Å².